The Balaban J connectivity index is 1.79. The highest BCUT2D eigenvalue weighted by Crippen LogP contribution is 2.20. The molecule has 1 aromatic carbocycles. The highest BCUT2D eigenvalue weighted by Gasteiger charge is 2.28. The zero-order chi connectivity index (χ0) is 15.3. The maximum absolute atomic E-state index is 12.1. The van der Waals surface area contributed by atoms with Crippen molar-refractivity contribution >= 4 is 11.6 Å². The van der Waals surface area contributed by atoms with E-state index in [2.05, 4.69) is 41.5 Å². The number of hydrogen-bond acceptors (Lipinski definition) is 3. The summed E-state index contributed by atoms with van der Waals surface area (Å²) in [7, 11) is 2.02. The number of carbonyl (C=O) groups excluding carboxylic acids is 1. The van der Waals surface area contributed by atoms with Gasteiger partial charge in [0, 0.05) is 24.3 Å². The number of carbonyl (C=O) groups is 1. The van der Waals surface area contributed by atoms with Gasteiger partial charge in [-0.2, -0.15) is 0 Å². The molecule has 2 N–H and O–H groups in total. The second kappa shape index (κ2) is 7.05. The highest BCUT2D eigenvalue weighted by atomic mass is 16.2. The van der Waals surface area contributed by atoms with Crippen molar-refractivity contribution in [3.8, 4) is 0 Å². The lowest BCUT2D eigenvalue weighted by Crippen LogP contribution is -2.51. The van der Waals surface area contributed by atoms with Crippen LogP contribution in [-0.2, 0) is 11.2 Å². The first-order chi connectivity index (χ1) is 10.0. The van der Waals surface area contributed by atoms with Crippen molar-refractivity contribution in [3.05, 3.63) is 29.8 Å². The topological polar surface area (TPSA) is 44.4 Å². The Morgan fingerprint density at radius 3 is 2.38 bits per heavy atom. The number of nitrogens with zero attached hydrogens (tertiary/aromatic N) is 1. The highest BCUT2D eigenvalue weighted by molar-refractivity contribution is 5.92. The summed E-state index contributed by atoms with van der Waals surface area (Å²) in [6.07, 6.45) is 3.19. The fourth-order valence-electron chi connectivity index (χ4n) is 2.68. The Morgan fingerprint density at radius 2 is 1.86 bits per heavy atom. The van der Waals surface area contributed by atoms with E-state index in [1.165, 1.54) is 5.56 Å². The predicted octanol–water partition coefficient (Wildman–Crippen LogP) is 2.26. The van der Waals surface area contributed by atoms with Crippen LogP contribution in [0.25, 0.3) is 0 Å². The number of piperidine rings is 1. The molecule has 4 heteroatoms. The van der Waals surface area contributed by atoms with Crippen LogP contribution in [0.2, 0.25) is 0 Å². The van der Waals surface area contributed by atoms with Crippen molar-refractivity contribution in [2.24, 2.45) is 0 Å². The average molecular weight is 289 g/mol. The van der Waals surface area contributed by atoms with Gasteiger partial charge in [-0.1, -0.05) is 19.1 Å². The lowest BCUT2D eigenvalue weighted by molar-refractivity contribution is -0.117. The van der Waals surface area contributed by atoms with E-state index in [1.807, 2.05) is 19.2 Å². The molecule has 1 fully saturated rings. The molecule has 0 unspecified atom stereocenters. The fourth-order valence-corrected chi connectivity index (χ4v) is 2.68. The van der Waals surface area contributed by atoms with Gasteiger partial charge in [0.2, 0.25) is 5.91 Å². The smallest absolute Gasteiger partial charge is 0.238 e. The maximum atomic E-state index is 12.1. The van der Waals surface area contributed by atoms with Crippen molar-refractivity contribution in [1.29, 1.82) is 0 Å². The molecule has 0 aliphatic carbocycles. The molecule has 0 spiro atoms. The normalized spacial score (nSPS) is 18.4. The average Bonchev–Trinajstić information content (AvgIpc) is 2.50. The molecule has 0 aromatic heterocycles. The number of likely N-dealkylation sites (tertiary alicyclic amines) is 1. The van der Waals surface area contributed by atoms with Crippen molar-refractivity contribution < 1.29 is 4.79 Å². The van der Waals surface area contributed by atoms with Crippen LogP contribution in [0.3, 0.4) is 0 Å². The van der Waals surface area contributed by atoms with Gasteiger partial charge in [-0.15, -0.1) is 0 Å². The van der Waals surface area contributed by atoms with Crippen molar-refractivity contribution in [2.75, 3.05) is 32.0 Å². The number of nitrogens with one attached hydrogen (secondary N) is 2. The molecule has 1 aromatic rings. The summed E-state index contributed by atoms with van der Waals surface area (Å²) in [5, 5.41) is 6.36. The number of anilines is 1. The molecule has 0 saturated carbocycles. The Hall–Kier alpha value is -1.39. The monoisotopic (exact) mass is 289 g/mol. The second-order valence-corrected chi connectivity index (χ2v) is 6.19. The van der Waals surface area contributed by atoms with Crippen LogP contribution >= 0.6 is 0 Å². The molecule has 1 aliphatic rings. The van der Waals surface area contributed by atoms with Crippen LogP contribution in [0, 0.1) is 0 Å². The van der Waals surface area contributed by atoms with E-state index in [1.54, 1.807) is 0 Å². The van der Waals surface area contributed by atoms with Gasteiger partial charge in [0.1, 0.15) is 0 Å². The summed E-state index contributed by atoms with van der Waals surface area (Å²) in [5.41, 5.74) is 2.40. The number of amides is 1. The fraction of sp³-hybridized carbons (Fsp3) is 0.588. The zero-order valence-electron chi connectivity index (χ0n) is 13.4. The number of benzene rings is 1. The third-order valence-corrected chi connectivity index (χ3v) is 4.58. The van der Waals surface area contributed by atoms with Crippen LogP contribution in [0.4, 0.5) is 5.69 Å². The van der Waals surface area contributed by atoms with Gasteiger partial charge in [-0.3, -0.25) is 9.69 Å². The Kier molecular flexibility index (Phi) is 5.37. The summed E-state index contributed by atoms with van der Waals surface area (Å²) in [5.74, 6) is 0.0762. The van der Waals surface area contributed by atoms with Crippen LogP contribution in [0.15, 0.2) is 24.3 Å². The van der Waals surface area contributed by atoms with E-state index in [0.29, 0.717) is 6.54 Å². The molecule has 0 radical (unpaired) electrons. The minimum absolute atomic E-state index is 0.0762. The van der Waals surface area contributed by atoms with E-state index >= 15 is 0 Å². The molecule has 4 nitrogen and oxygen atoms in total. The van der Waals surface area contributed by atoms with Crippen LogP contribution in [-0.4, -0.2) is 43.0 Å². The van der Waals surface area contributed by atoms with Crippen LogP contribution in [0.5, 0.6) is 0 Å². The molecule has 2 rings (SSSR count). The van der Waals surface area contributed by atoms with Crippen molar-refractivity contribution in [3.63, 3.8) is 0 Å². The Bertz CT molecular complexity index is 461. The van der Waals surface area contributed by atoms with Gasteiger partial charge >= 0.3 is 0 Å². The van der Waals surface area contributed by atoms with E-state index in [9.17, 15) is 4.79 Å². The molecule has 1 heterocycles. The predicted molar refractivity (Wildman–Crippen MR) is 87.6 cm³/mol. The first-order valence-electron chi connectivity index (χ1n) is 7.85. The van der Waals surface area contributed by atoms with E-state index in [4.69, 9.17) is 0 Å². The maximum Gasteiger partial charge on any atom is 0.238 e. The van der Waals surface area contributed by atoms with E-state index in [0.717, 1.165) is 38.0 Å². The zero-order valence-corrected chi connectivity index (χ0v) is 13.4. The third-order valence-electron chi connectivity index (χ3n) is 4.58. The van der Waals surface area contributed by atoms with Gasteiger partial charge in [-0.05, 0) is 50.9 Å². The second-order valence-electron chi connectivity index (χ2n) is 6.19. The molecule has 0 bridgehead atoms. The molecular formula is C17H27N3O. The molecule has 1 aliphatic heterocycles. The van der Waals surface area contributed by atoms with Crippen LogP contribution < -0.4 is 10.6 Å². The Labute approximate surface area is 127 Å². The van der Waals surface area contributed by atoms with Gasteiger partial charge in [-0.25, -0.2) is 0 Å². The molecule has 116 valence electrons. The third kappa shape index (κ3) is 4.55. The molecule has 1 amide bonds. The number of hydrogen-bond donors (Lipinski definition) is 2. The van der Waals surface area contributed by atoms with Crippen molar-refractivity contribution in [1.82, 2.24) is 10.2 Å². The van der Waals surface area contributed by atoms with Gasteiger partial charge < -0.3 is 10.6 Å². The summed E-state index contributed by atoms with van der Waals surface area (Å²) in [6.45, 7) is 6.80. The first kappa shape index (κ1) is 16.0. The molecule has 21 heavy (non-hydrogen) atoms. The quantitative estimate of drug-likeness (QED) is 0.874. The van der Waals surface area contributed by atoms with Gasteiger partial charge in [0.15, 0.2) is 0 Å². The largest absolute Gasteiger partial charge is 0.325 e. The standard InChI is InChI=1S/C17H27N3O/c1-4-14-5-7-15(8-6-14)19-16(21)13-20-11-9-17(2,18-3)10-12-20/h5-8,18H,4,9-13H2,1-3H3,(H,19,21). The van der Waals surface area contributed by atoms with Crippen molar-refractivity contribution in [2.45, 2.75) is 38.6 Å². The summed E-state index contributed by atoms with van der Waals surface area (Å²) < 4.78 is 0. The SMILES string of the molecule is CCc1ccc(NC(=O)CN2CCC(C)(NC)CC2)cc1. The van der Waals surface area contributed by atoms with Gasteiger partial charge in [0.05, 0.1) is 6.54 Å². The van der Waals surface area contributed by atoms with E-state index in [-0.39, 0.29) is 11.4 Å². The molecule has 1 saturated heterocycles. The van der Waals surface area contributed by atoms with Crippen LogP contribution in [0.1, 0.15) is 32.3 Å². The van der Waals surface area contributed by atoms with E-state index < -0.39 is 0 Å². The minimum atomic E-state index is 0.0762. The lowest BCUT2D eigenvalue weighted by Gasteiger charge is -2.39. The number of aryl methyl sites for hydroxylation is 1. The summed E-state index contributed by atoms with van der Waals surface area (Å²) in [4.78, 5) is 14.3. The lowest BCUT2D eigenvalue weighted by atomic mass is 9.90. The molecular weight excluding hydrogens is 262 g/mol. The first-order valence-corrected chi connectivity index (χ1v) is 7.85. The Morgan fingerprint density at radius 1 is 1.24 bits per heavy atom. The summed E-state index contributed by atoms with van der Waals surface area (Å²) >= 11 is 0. The van der Waals surface area contributed by atoms with Gasteiger partial charge in [0.25, 0.3) is 0 Å². The number of rotatable bonds is 5. The summed E-state index contributed by atoms with van der Waals surface area (Å²) in [6, 6.07) is 8.08. The molecule has 0 atom stereocenters. The minimum Gasteiger partial charge on any atom is -0.325 e.